The number of aromatic nitrogens is 3. The fraction of sp³-hybridized carbons (Fsp3) is 0.292. The van der Waals surface area contributed by atoms with Crippen LogP contribution >= 0.6 is 0 Å². The Morgan fingerprint density at radius 2 is 1.82 bits per heavy atom. The van der Waals surface area contributed by atoms with Crippen molar-refractivity contribution in [3.8, 4) is 11.5 Å². The number of amides is 1. The topological polar surface area (TPSA) is 119 Å². The van der Waals surface area contributed by atoms with Crippen molar-refractivity contribution in [3.05, 3.63) is 64.3 Å². The van der Waals surface area contributed by atoms with Gasteiger partial charge in [0.25, 0.3) is 11.5 Å². The lowest BCUT2D eigenvalue weighted by Crippen LogP contribution is -2.38. The van der Waals surface area contributed by atoms with Gasteiger partial charge in [-0.2, -0.15) is 0 Å². The van der Waals surface area contributed by atoms with Crippen molar-refractivity contribution in [2.75, 3.05) is 35.0 Å². The maximum atomic E-state index is 13.6. The van der Waals surface area contributed by atoms with Crippen molar-refractivity contribution in [1.82, 2.24) is 19.9 Å². The molecule has 4 aromatic rings. The molecule has 178 valence electrons. The zero-order valence-corrected chi connectivity index (χ0v) is 19.4. The Kier molecular flexibility index (Phi) is 6.80. The van der Waals surface area contributed by atoms with Crippen molar-refractivity contribution in [2.45, 2.75) is 12.8 Å². The van der Waals surface area contributed by atoms with E-state index in [4.69, 9.17) is 18.9 Å². The van der Waals surface area contributed by atoms with E-state index in [0.29, 0.717) is 27.9 Å². The van der Waals surface area contributed by atoms with Gasteiger partial charge in [0.05, 0.1) is 43.4 Å². The van der Waals surface area contributed by atoms with Gasteiger partial charge in [0.1, 0.15) is 17.2 Å². The Balaban J connectivity index is 1.75. The van der Waals surface area contributed by atoms with Crippen molar-refractivity contribution in [3.63, 3.8) is 0 Å². The van der Waals surface area contributed by atoms with E-state index in [1.807, 2.05) is 6.07 Å². The number of methoxy groups -OCH3 is 4. The van der Waals surface area contributed by atoms with Gasteiger partial charge in [0, 0.05) is 44.0 Å². The Labute approximate surface area is 195 Å². The summed E-state index contributed by atoms with van der Waals surface area (Å²) in [5.41, 5.74) is 1.89. The molecule has 2 N–H and O–H groups in total. The summed E-state index contributed by atoms with van der Waals surface area (Å²) in [6.07, 6.45) is 2.56. The van der Waals surface area contributed by atoms with Gasteiger partial charge >= 0.3 is 0 Å². The predicted molar refractivity (Wildman–Crippen MR) is 126 cm³/mol. The van der Waals surface area contributed by atoms with Gasteiger partial charge in [0.15, 0.2) is 6.29 Å². The van der Waals surface area contributed by atoms with Crippen molar-refractivity contribution >= 4 is 27.7 Å². The van der Waals surface area contributed by atoms with Gasteiger partial charge in [-0.3, -0.25) is 14.6 Å². The van der Waals surface area contributed by atoms with Crippen LogP contribution in [0.1, 0.15) is 16.1 Å². The molecule has 10 nitrogen and oxygen atoms in total. The minimum atomic E-state index is -0.645. The summed E-state index contributed by atoms with van der Waals surface area (Å²) in [5, 5.41) is 1.15. The first-order valence-corrected chi connectivity index (χ1v) is 10.5. The number of rotatable bonds is 9. The second-order valence-corrected chi connectivity index (χ2v) is 7.61. The van der Waals surface area contributed by atoms with Gasteiger partial charge in [0.2, 0.25) is 0 Å². The molecule has 0 bridgehead atoms. The number of ether oxygens (including phenoxy) is 4. The zero-order chi connectivity index (χ0) is 24.2. The lowest BCUT2D eigenvalue weighted by Gasteiger charge is -2.26. The standard InChI is InChI=1S/C24H26N4O6/c1-31-15-6-5-14(20(9-15)32-2)12-28(13-21(33-3)34-4)24(30)18-10-17-22(26-18)16-7-8-25-11-19(16)27-23(17)29/h5-11,21,26H,12-13H2,1-4H3,(H,27,29). The molecular weight excluding hydrogens is 440 g/mol. The Morgan fingerprint density at radius 3 is 2.53 bits per heavy atom. The first kappa shape index (κ1) is 23.3. The first-order chi connectivity index (χ1) is 16.5. The highest BCUT2D eigenvalue weighted by Gasteiger charge is 2.24. The van der Waals surface area contributed by atoms with Gasteiger partial charge in [-0.15, -0.1) is 0 Å². The minimum Gasteiger partial charge on any atom is -0.497 e. The first-order valence-electron chi connectivity index (χ1n) is 10.5. The Morgan fingerprint density at radius 1 is 1.03 bits per heavy atom. The molecule has 0 aliphatic rings. The zero-order valence-electron chi connectivity index (χ0n) is 19.4. The van der Waals surface area contributed by atoms with Crippen molar-refractivity contribution < 1.29 is 23.7 Å². The van der Waals surface area contributed by atoms with Gasteiger partial charge in [-0.25, -0.2) is 0 Å². The van der Waals surface area contributed by atoms with Crippen LogP contribution in [-0.4, -0.2) is 67.0 Å². The average molecular weight is 466 g/mol. The van der Waals surface area contributed by atoms with Crippen LogP contribution in [-0.2, 0) is 16.0 Å². The van der Waals surface area contributed by atoms with Crippen LogP contribution in [0.15, 0.2) is 47.5 Å². The largest absolute Gasteiger partial charge is 0.497 e. The molecule has 0 aliphatic carbocycles. The molecule has 1 amide bonds. The molecule has 0 atom stereocenters. The van der Waals surface area contributed by atoms with E-state index in [9.17, 15) is 9.59 Å². The second kappa shape index (κ2) is 9.94. The molecular formula is C24H26N4O6. The quantitative estimate of drug-likeness (QED) is 0.364. The average Bonchev–Trinajstić information content (AvgIpc) is 3.33. The molecule has 0 unspecified atom stereocenters. The summed E-state index contributed by atoms with van der Waals surface area (Å²) in [7, 11) is 6.14. The Hall–Kier alpha value is -3.89. The summed E-state index contributed by atoms with van der Waals surface area (Å²) in [5.74, 6) is 0.895. The fourth-order valence-corrected chi connectivity index (χ4v) is 3.87. The lowest BCUT2D eigenvalue weighted by atomic mass is 10.1. The number of nitrogens with zero attached hydrogens (tertiary/aromatic N) is 2. The summed E-state index contributed by atoms with van der Waals surface area (Å²) >= 11 is 0. The van der Waals surface area contributed by atoms with Crippen molar-refractivity contribution in [1.29, 1.82) is 0 Å². The number of benzene rings is 1. The molecule has 0 aliphatic heterocycles. The highest BCUT2D eigenvalue weighted by molar-refractivity contribution is 6.07. The number of H-pyrrole nitrogens is 2. The molecule has 34 heavy (non-hydrogen) atoms. The van der Waals surface area contributed by atoms with E-state index in [1.165, 1.54) is 14.2 Å². The molecule has 1 aromatic carbocycles. The molecule has 0 radical (unpaired) electrons. The fourth-order valence-electron chi connectivity index (χ4n) is 3.87. The van der Waals surface area contributed by atoms with Crippen LogP contribution in [0.2, 0.25) is 0 Å². The van der Waals surface area contributed by atoms with E-state index >= 15 is 0 Å². The van der Waals surface area contributed by atoms with E-state index in [0.717, 1.165) is 10.9 Å². The number of fused-ring (bicyclic) bond motifs is 3. The van der Waals surface area contributed by atoms with Gasteiger partial charge in [-0.1, -0.05) is 0 Å². The van der Waals surface area contributed by atoms with Crippen LogP contribution in [0.4, 0.5) is 0 Å². The van der Waals surface area contributed by atoms with E-state index < -0.39 is 6.29 Å². The summed E-state index contributed by atoms with van der Waals surface area (Å²) < 4.78 is 21.5. The third-order valence-corrected chi connectivity index (χ3v) is 5.67. The van der Waals surface area contributed by atoms with E-state index in [-0.39, 0.29) is 30.2 Å². The van der Waals surface area contributed by atoms with E-state index in [1.54, 1.807) is 55.8 Å². The smallest absolute Gasteiger partial charge is 0.270 e. The number of hydrogen-bond acceptors (Lipinski definition) is 7. The highest BCUT2D eigenvalue weighted by atomic mass is 16.7. The van der Waals surface area contributed by atoms with Crippen molar-refractivity contribution in [2.24, 2.45) is 0 Å². The van der Waals surface area contributed by atoms with Gasteiger partial charge < -0.3 is 33.8 Å². The molecule has 10 heteroatoms. The number of pyridine rings is 2. The maximum absolute atomic E-state index is 13.6. The SMILES string of the molecule is COc1ccc(CN(CC(OC)OC)C(=O)c2cc3c(=O)[nH]c4cnccc4c3[nH]2)c(OC)c1. The number of carbonyl (C=O) groups is 1. The summed E-state index contributed by atoms with van der Waals surface area (Å²) in [6.45, 7) is 0.364. The molecule has 0 spiro atoms. The third kappa shape index (κ3) is 4.45. The van der Waals surface area contributed by atoms with Gasteiger partial charge in [-0.05, 0) is 24.3 Å². The third-order valence-electron chi connectivity index (χ3n) is 5.67. The van der Waals surface area contributed by atoms with E-state index in [2.05, 4.69) is 15.0 Å². The summed E-state index contributed by atoms with van der Waals surface area (Å²) in [4.78, 5) is 37.8. The highest BCUT2D eigenvalue weighted by Crippen LogP contribution is 2.27. The number of carbonyl (C=O) groups excluding carboxylic acids is 1. The molecule has 3 aromatic heterocycles. The van der Waals surface area contributed by atoms with Crippen LogP contribution in [0.5, 0.6) is 11.5 Å². The number of hydrogen-bond donors (Lipinski definition) is 2. The number of aromatic amines is 2. The maximum Gasteiger partial charge on any atom is 0.270 e. The lowest BCUT2D eigenvalue weighted by molar-refractivity contribution is -0.112. The predicted octanol–water partition coefficient (Wildman–Crippen LogP) is 2.68. The molecule has 0 fully saturated rings. The van der Waals surface area contributed by atoms with Crippen LogP contribution in [0.25, 0.3) is 21.8 Å². The van der Waals surface area contributed by atoms with Crippen LogP contribution in [0, 0.1) is 0 Å². The normalized spacial score (nSPS) is 11.3. The van der Waals surface area contributed by atoms with Crippen LogP contribution < -0.4 is 15.0 Å². The second-order valence-electron chi connectivity index (χ2n) is 7.61. The minimum absolute atomic E-state index is 0.150. The molecule has 3 heterocycles. The van der Waals surface area contributed by atoms with Crippen LogP contribution in [0.3, 0.4) is 0 Å². The molecule has 4 rings (SSSR count). The molecule has 0 saturated carbocycles. The monoisotopic (exact) mass is 466 g/mol. The number of nitrogens with one attached hydrogen (secondary N) is 2. The Bertz CT molecular complexity index is 1380. The summed E-state index contributed by atoms with van der Waals surface area (Å²) in [6, 6.07) is 8.73. The molecule has 0 saturated heterocycles.